The van der Waals surface area contributed by atoms with Crippen molar-refractivity contribution in [3.05, 3.63) is 23.2 Å². The Balaban J connectivity index is 2.82. The highest BCUT2D eigenvalue weighted by Gasteiger charge is 2.20. The summed E-state index contributed by atoms with van der Waals surface area (Å²) in [5.41, 5.74) is 5.71. The lowest BCUT2D eigenvalue weighted by Gasteiger charge is -2.15. The van der Waals surface area contributed by atoms with Crippen LogP contribution in [0.5, 0.6) is 0 Å². The minimum absolute atomic E-state index is 0.383. The molecule has 1 aromatic rings. The molecule has 0 amide bonds. The molecule has 3 nitrogen and oxygen atoms in total. The van der Waals surface area contributed by atoms with Gasteiger partial charge in [-0.15, -0.1) is 0 Å². The van der Waals surface area contributed by atoms with Crippen molar-refractivity contribution in [1.82, 2.24) is 0 Å². The quantitative estimate of drug-likeness (QED) is 0.856. The molecule has 0 spiro atoms. The van der Waals surface area contributed by atoms with Crippen LogP contribution in [0.25, 0.3) is 0 Å². The summed E-state index contributed by atoms with van der Waals surface area (Å²) in [5, 5.41) is 9.30. The molecule has 17 heavy (non-hydrogen) atoms. The second-order valence-electron chi connectivity index (χ2n) is 4.45. The van der Waals surface area contributed by atoms with Crippen molar-refractivity contribution in [3.63, 3.8) is 0 Å². The molecule has 1 rings (SSSR count). The minimum atomic E-state index is -1.26. The highest BCUT2D eigenvalue weighted by Crippen LogP contribution is 2.28. The standard InChI is InChI=1S/C12H15ClN2OS/c1-12(2,8-14)6-7-17(16)11-9(13)4-3-5-10(11)15/h3-5H,6-7,15H2,1-2H3. The first-order chi connectivity index (χ1) is 7.87. The molecule has 0 heterocycles. The third-order valence-electron chi connectivity index (χ3n) is 2.44. The molecule has 1 aromatic carbocycles. The Hall–Kier alpha value is -1.05. The summed E-state index contributed by atoms with van der Waals surface area (Å²) in [6.45, 7) is 3.64. The first-order valence-corrected chi connectivity index (χ1v) is 6.91. The molecular weight excluding hydrogens is 256 g/mol. The molecule has 0 aliphatic heterocycles. The fourth-order valence-electron chi connectivity index (χ4n) is 1.27. The number of halogens is 1. The Morgan fingerprint density at radius 2 is 2.18 bits per heavy atom. The summed E-state index contributed by atoms with van der Waals surface area (Å²) in [5.74, 6) is 0.383. The molecule has 2 N–H and O–H groups in total. The zero-order chi connectivity index (χ0) is 13.1. The minimum Gasteiger partial charge on any atom is -0.398 e. The summed E-state index contributed by atoms with van der Waals surface area (Å²) in [7, 11) is -1.26. The lowest BCUT2D eigenvalue weighted by molar-refractivity contribution is 0.479. The maximum atomic E-state index is 12.1. The van der Waals surface area contributed by atoms with E-state index in [0.717, 1.165) is 0 Å². The fourth-order valence-corrected chi connectivity index (χ4v) is 3.23. The van der Waals surface area contributed by atoms with Crippen molar-refractivity contribution in [2.24, 2.45) is 5.41 Å². The van der Waals surface area contributed by atoms with E-state index in [4.69, 9.17) is 22.6 Å². The van der Waals surface area contributed by atoms with Crippen LogP contribution in [0.15, 0.2) is 23.1 Å². The van der Waals surface area contributed by atoms with Gasteiger partial charge in [-0.2, -0.15) is 5.26 Å². The van der Waals surface area contributed by atoms with E-state index in [0.29, 0.717) is 27.8 Å². The predicted molar refractivity (Wildman–Crippen MR) is 71.2 cm³/mol. The SMILES string of the molecule is CC(C)(C#N)CCS(=O)c1c(N)cccc1Cl. The van der Waals surface area contributed by atoms with Gasteiger partial charge in [0.2, 0.25) is 0 Å². The summed E-state index contributed by atoms with van der Waals surface area (Å²) < 4.78 is 12.1. The van der Waals surface area contributed by atoms with Gasteiger partial charge >= 0.3 is 0 Å². The average Bonchev–Trinajstić information content (AvgIpc) is 2.26. The van der Waals surface area contributed by atoms with Crippen LogP contribution in [-0.2, 0) is 10.8 Å². The van der Waals surface area contributed by atoms with E-state index in [1.807, 2.05) is 13.8 Å². The number of benzene rings is 1. The van der Waals surface area contributed by atoms with Crippen molar-refractivity contribution in [2.45, 2.75) is 25.2 Å². The van der Waals surface area contributed by atoms with Gasteiger partial charge in [-0.25, -0.2) is 0 Å². The lowest BCUT2D eigenvalue weighted by Crippen LogP contribution is -2.13. The normalized spacial score (nSPS) is 13.1. The molecule has 0 saturated carbocycles. The maximum Gasteiger partial charge on any atom is 0.0803 e. The molecule has 0 fully saturated rings. The Morgan fingerprint density at radius 1 is 1.53 bits per heavy atom. The second kappa shape index (κ2) is 5.52. The summed E-state index contributed by atoms with van der Waals surface area (Å²) in [6, 6.07) is 7.24. The van der Waals surface area contributed by atoms with Crippen molar-refractivity contribution < 1.29 is 4.21 Å². The molecule has 0 aliphatic rings. The van der Waals surface area contributed by atoms with Crippen LogP contribution in [0.1, 0.15) is 20.3 Å². The van der Waals surface area contributed by atoms with Crippen molar-refractivity contribution >= 4 is 28.1 Å². The molecule has 0 radical (unpaired) electrons. The molecule has 1 atom stereocenters. The summed E-state index contributed by atoms with van der Waals surface area (Å²) in [6.07, 6.45) is 0.542. The van der Waals surface area contributed by atoms with Gasteiger partial charge in [-0.3, -0.25) is 4.21 Å². The molecule has 5 heteroatoms. The monoisotopic (exact) mass is 270 g/mol. The van der Waals surface area contributed by atoms with Crippen molar-refractivity contribution in [1.29, 1.82) is 5.26 Å². The molecule has 1 unspecified atom stereocenters. The van der Waals surface area contributed by atoms with Gasteiger partial charge in [0.15, 0.2) is 0 Å². The molecule has 0 saturated heterocycles. The van der Waals surface area contributed by atoms with Crippen LogP contribution in [0.4, 0.5) is 5.69 Å². The number of rotatable bonds is 4. The molecular formula is C12H15ClN2OS. The van der Waals surface area contributed by atoms with E-state index >= 15 is 0 Å². The predicted octanol–water partition coefficient (Wildman–Crippen LogP) is 2.97. The maximum absolute atomic E-state index is 12.1. The van der Waals surface area contributed by atoms with Crippen LogP contribution in [0.3, 0.4) is 0 Å². The van der Waals surface area contributed by atoms with Gasteiger partial charge in [0.25, 0.3) is 0 Å². The number of nitrogens with zero attached hydrogens (tertiary/aromatic N) is 1. The van der Waals surface area contributed by atoms with Gasteiger partial charge in [-0.1, -0.05) is 17.7 Å². The third kappa shape index (κ3) is 3.72. The third-order valence-corrected chi connectivity index (χ3v) is 4.35. The number of hydrogen-bond donors (Lipinski definition) is 1. The first kappa shape index (κ1) is 14.0. The van der Waals surface area contributed by atoms with Crippen molar-refractivity contribution in [3.8, 4) is 6.07 Å². The number of anilines is 1. The Bertz CT molecular complexity index is 460. The molecule has 92 valence electrons. The van der Waals surface area contributed by atoms with Crippen LogP contribution in [0, 0.1) is 16.7 Å². The Morgan fingerprint density at radius 3 is 2.71 bits per heavy atom. The first-order valence-electron chi connectivity index (χ1n) is 5.21. The van der Waals surface area contributed by atoms with E-state index in [1.54, 1.807) is 18.2 Å². The van der Waals surface area contributed by atoms with E-state index in [2.05, 4.69) is 6.07 Å². The lowest BCUT2D eigenvalue weighted by atomic mass is 9.93. The highest BCUT2D eigenvalue weighted by molar-refractivity contribution is 7.85. The molecule has 0 aliphatic carbocycles. The molecule has 0 aromatic heterocycles. The fraction of sp³-hybridized carbons (Fsp3) is 0.417. The van der Waals surface area contributed by atoms with Gasteiger partial charge < -0.3 is 5.73 Å². The Labute approximate surface area is 109 Å². The second-order valence-corrected chi connectivity index (χ2v) is 6.37. The van der Waals surface area contributed by atoms with E-state index in [-0.39, 0.29) is 0 Å². The number of nitrogens with two attached hydrogens (primary N) is 1. The van der Waals surface area contributed by atoms with E-state index in [1.165, 1.54) is 0 Å². The van der Waals surface area contributed by atoms with Crippen molar-refractivity contribution in [2.75, 3.05) is 11.5 Å². The number of nitrogen functional groups attached to an aromatic ring is 1. The van der Waals surface area contributed by atoms with Gasteiger partial charge in [0.1, 0.15) is 0 Å². The summed E-state index contributed by atoms with van der Waals surface area (Å²) in [4.78, 5) is 0.475. The zero-order valence-corrected chi connectivity index (χ0v) is 11.4. The number of hydrogen-bond acceptors (Lipinski definition) is 3. The largest absolute Gasteiger partial charge is 0.398 e. The van der Waals surface area contributed by atoms with Gasteiger partial charge in [0, 0.05) is 11.4 Å². The van der Waals surface area contributed by atoms with E-state index in [9.17, 15) is 4.21 Å². The van der Waals surface area contributed by atoms with Crippen LogP contribution in [0.2, 0.25) is 5.02 Å². The smallest absolute Gasteiger partial charge is 0.0803 e. The summed E-state index contributed by atoms with van der Waals surface area (Å²) >= 11 is 5.97. The van der Waals surface area contributed by atoms with Crippen LogP contribution >= 0.6 is 11.6 Å². The van der Waals surface area contributed by atoms with E-state index < -0.39 is 16.2 Å². The zero-order valence-electron chi connectivity index (χ0n) is 9.87. The van der Waals surface area contributed by atoms with Gasteiger partial charge in [0.05, 0.1) is 32.2 Å². The van der Waals surface area contributed by atoms with Crippen LogP contribution in [-0.4, -0.2) is 9.96 Å². The highest BCUT2D eigenvalue weighted by atomic mass is 35.5. The van der Waals surface area contributed by atoms with Gasteiger partial charge in [-0.05, 0) is 32.4 Å². The number of nitriles is 1. The van der Waals surface area contributed by atoms with Crippen LogP contribution < -0.4 is 5.73 Å². The Kier molecular flexibility index (Phi) is 4.55. The topological polar surface area (TPSA) is 66.9 Å². The average molecular weight is 271 g/mol. The molecule has 0 bridgehead atoms.